The van der Waals surface area contributed by atoms with Crippen molar-refractivity contribution in [1.29, 1.82) is 0 Å². The van der Waals surface area contributed by atoms with Gasteiger partial charge in [-0.05, 0) is 32.0 Å². The van der Waals surface area contributed by atoms with Gasteiger partial charge in [-0.1, -0.05) is 47.5 Å². The zero-order valence-corrected chi connectivity index (χ0v) is 12.1. The average Bonchev–Trinajstić information content (AvgIpc) is 2.45. The first kappa shape index (κ1) is 14.3. The van der Waals surface area contributed by atoms with Crippen molar-refractivity contribution in [2.45, 2.75) is 13.8 Å². The summed E-state index contributed by atoms with van der Waals surface area (Å²) in [6.45, 7) is 3.74. The van der Waals surface area contributed by atoms with Crippen molar-refractivity contribution in [3.63, 3.8) is 0 Å². The molecule has 0 radical (unpaired) electrons. The molecule has 2 rings (SSSR count). The second-order valence-corrected chi connectivity index (χ2v) is 4.89. The number of amides is 1. The molecule has 0 aliphatic carbocycles. The van der Waals surface area contributed by atoms with Crippen LogP contribution in [0.25, 0.3) is 0 Å². The number of aryl methyl sites for hydroxylation is 1. The highest BCUT2D eigenvalue weighted by Crippen LogP contribution is 2.15. The Bertz CT molecular complexity index is 665. The zero-order valence-electron chi connectivity index (χ0n) is 11.4. The molecule has 0 fully saturated rings. The van der Waals surface area contributed by atoms with Gasteiger partial charge in [0, 0.05) is 16.1 Å². The number of halogens is 1. The van der Waals surface area contributed by atoms with E-state index in [1.807, 2.05) is 43.3 Å². The van der Waals surface area contributed by atoms with Crippen LogP contribution in [-0.2, 0) is 0 Å². The molecule has 2 aromatic rings. The van der Waals surface area contributed by atoms with E-state index in [0.29, 0.717) is 16.3 Å². The molecule has 0 aliphatic rings. The van der Waals surface area contributed by atoms with Gasteiger partial charge in [-0.25, -0.2) is 5.43 Å². The average molecular weight is 287 g/mol. The van der Waals surface area contributed by atoms with Gasteiger partial charge in [0.15, 0.2) is 0 Å². The number of benzene rings is 2. The third-order valence-corrected chi connectivity index (χ3v) is 3.20. The predicted octanol–water partition coefficient (Wildman–Crippen LogP) is 3.80. The van der Waals surface area contributed by atoms with Crippen LogP contribution in [0.3, 0.4) is 0 Å². The van der Waals surface area contributed by atoms with Gasteiger partial charge < -0.3 is 0 Å². The van der Waals surface area contributed by atoms with E-state index in [1.54, 1.807) is 19.1 Å². The minimum Gasteiger partial charge on any atom is -0.267 e. The SMILES string of the molecule is CC(=NNC(=O)c1cccc(C)c1)c1ccccc1Cl. The number of rotatable bonds is 3. The van der Waals surface area contributed by atoms with Gasteiger partial charge in [0.05, 0.1) is 5.71 Å². The van der Waals surface area contributed by atoms with Gasteiger partial charge in [0.25, 0.3) is 5.91 Å². The maximum atomic E-state index is 12.0. The maximum absolute atomic E-state index is 12.0. The fraction of sp³-hybridized carbons (Fsp3) is 0.125. The molecule has 0 saturated carbocycles. The van der Waals surface area contributed by atoms with Crippen LogP contribution in [0.2, 0.25) is 5.02 Å². The molecule has 2 aromatic carbocycles. The van der Waals surface area contributed by atoms with Crippen molar-refractivity contribution in [1.82, 2.24) is 5.43 Å². The highest BCUT2D eigenvalue weighted by Gasteiger charge is 2.06. The van der Waals surface area contributed by atoms with Crippen LogP contribution in [0.5, 0.6) is 0 Å². The van der Waals surface area contributed by atoms with Gasteiger partial charge in [-0.15, -0.1) is 0 Å². The molecule has 0 aromatic heterocycles. The first-order valence-electron chi connectivity index (χ1n) is 6.24. The van der Waals surface area contributed by atoms with Crippen molar-refractivity contribution >= 4 is 23.2 Å². The zero-order chi connectivity index (χ0) is 14.5. The molecule has 20 heavy (non-hydrogen) atoms. The summed E-state index contributed by atoms with van der Waals surface area (Å²) in [5.74, 6) is -0.236. The fourth-order valence-corrected chi connectivity index (χ4v) is 2.07. The number of hydrazone groups is 1. The van der Waals surface area contributed by atoms with Crippen LogP contribution in [0.1, 0.15) is 28.4 Å². The highest BCUT2D eigenvalue weighted by molar-refractivity contribution is 6.34. The monoisotopic (exact) mass is 286 g/mol. The molecule has 0 bridgehead atoms. The van der Waals surface area contributed by atoms with Crippen molar-refractivity contribution in [3.05, 3.63) is 70.2 Å². The van der Waals surface area contributed by atoms with E-state index in [-0.39, 0.29) is 5.91 Å². The third kappa shape index (κ3) is 3.45. The van der Waals surface area contributed by atoms with Crippen LogP contribution in [-0.4, -0.2) is 11.6 Å². The minimum atomic E-state index is -0.236. The minimum absolute atomic E-state index is 0.236. The Kier molecular flexibility index (Phi) is 4.53. The molecular weight excluding hydrogens is 272 g/mol. The summed E-state index contributed by atoms with van der Waals surface area (Å²) in [7, 11) is 0. The van der Waals surface area contributed by atoms with Crippen LogP contribution in [0.4, 0.5) is 0 Å². The Balaban J connectivity index is 2.13. The smallest absolute Gasteiger partial charge is 0.267 e. The van der Waals surface area contributed by atoms with Gasteiger partial charge >= 0.3 is 0 Å². The van der Waals surface area contributed by atoms with Gasteiger partial charge in [-0.2, -0.15) is 5.10 Å². The molecule has 1 amide bonds. The summed E-state index contributed by atoms with van der Waals surface area (Å²) in [6.07, 6.45) is 0. The molecular formula is C16H15ClN2O. The van der Waals surface area contributed by atoms with Crippen molar-refractivity contribution in [2.75, 3.05) is 0 Å². The second-order valence-electron chi connectivity index (χ2n) is 4.49. The first-order valence-corrected chi connectivity index (χ1v) is 6.62. The van der Waals surface area contributed by atoms with Crippen LogP contribution >= 0.6 is 11.6 Å². The number of hydrogen-bond acceptors (Lipinski definition) is 2. The number of nitrogens with one attached hydrogen (secondary N) is 1. The van der Waals surface area contributed by atoms with E-state index in [2.05, 4.69) is 10.5 Å². The fourth-order valence-electron chi connectivity index (χ4n) is 1.80. The standard InChI is InChI=1S/C16H15ClN2O/c1-11-6-5-7-13(10-11)16(20)19-18-12(2)14-8-3-4-9-15(14)17/h3-10H,1-2H3,(H,19,20). The summed E-state index contributed by atoms with van der Waals surface area (Å²) in [4.78, 5) is 12.0. The lowest BCUT2D eigenvalue weighted by Crippen LogP contribution is -2.19. The second kappa shape index (κ2) is 6.35. The molecule has 0 unspecified atom stereocenters. The molecule has 0 atom stereocenters. The third-order valence-electron chi connectivity index (χ3n) is 2.87. The van der Waals surface area contributed by atoms with E-state index < -0.39 is 0 Å². The van der Waals surface area contributed by atoms with E-state index in [9.17, 15) is 4.79 Å². The Morgan fingerprint density at radius 2 is 1.90 bits per heavy atom. The van der Waals surface area contributed by atoms with Crippen molar-refractivity contribution in [3.8, 4) is 0 Å². The van der Waals surface area contributed by atoms with Gasteiger partial charge in [-0.3, -0.25) is 4.79 Å². The molecule has 4 heteroatoms. The summed E-state index contributed by atoms with van der Waals surface area (Å²) in [5.41, 5.74) is 5.63. The van der Waals surface area contributed by atoms with E-state index in [0.717, 1.165) is 11.1 Å². The van der Waals surface area contributed by atoms with Crippen LogP contribution < -0.4 is 5.43 Å². The number of carbonyl (C=O) groups excluding carboxylic acids is 1. The summed E-state index contributed by atoms with van der Waals surface area (Å²) in [5, 5.41) is 4.70. The van der Waals surface area contributed by atoms with Gasteiger partial charge in [0.2, 0.25) is 0 Å². The van der Waals surface area contributed by atoms with E-state index in [1.165, 1.54) is 0 Å². The molecule has 0 aliphatic heterocycles. The summed E-state index contributed by atoms with van der Waals surface area (Å²) >= 11 is 6.08. The summed E-state index contributed by atoms with van der Waals surface area (Å²) in [6, 6.07) is 14.7. The first-order chi connectivity index (χ1) is 9.58. The molecule has 0 spiro atoms. The Morgan fingerprint density at radius 1 is 1.15 bits per heavy atom. The maximum Gasteiger partial charge on any atom is 0.271 e. The molecule has 102 valence electrons. The molecule has 1 N–H and O–H groups in total. The lowest BCUT2D eigenvalue weighted by atomic mass is 10.1. The Morgan fingerprint density at radius 3 is 2.60 bits per heavy atom. The van der Waals surface area contributed by atoms with Crippen molar-refractivity contribution < 1.29 is 4.79 Å². The topological polar surface area (TPSA) is 41.5 Å². The van der Waals surface area contributed by atoms with Crippen LogP contribution in [0.15, 0.2) is 53.6 Å². The lowest BCUT2D eigenvalue weighted by molar-refractivity contribution is 0.0954. The van der Waals surface area contributed by atoms with E-state index >= 15 is 0 Å². The van der Waals surface area contributed by atoms with Gasteiger partial charge in [0.1, 0.15) is 0 Å². The Labute approximate surface area is 123 Å². The lowest BCUT2D eigenvalue weighted by Gasteiger charge is -2.05. The number of hydrogen-bond donors (Lipinski definition) is 1. The quantitative estimate of drug-likeness (QED) is 0.677. The summed E-state index contributed by atoms with van der Waals surface area (Å²) < 4.78 is 0. The predicted molar refractivity (Wildman–Crippen MR) is 82.3 cm³/mol. The number of nitrogens with zero attached hydrogens (tertiary/aromatic N) is 1. The molecule has 0 saturated heterocycles. The Hall–Kier alpha value is -2.13. The largest absolute Gasteiger partial charge is 0.271 e. The van der Waals surface area contributed by atoms with E-state index in [4.69, 9.17) is 11.6 Å². The van der Waals surface area contributed by atoms with Crippen LogP contribution in [0, 0.1) is 6.92 Å². The van der Waals surface area contributed by atoms with Crippen molar-refractivity contribution in [2.24, 2.45) is 5.10 Å². The number of carbonyl (C=O) groups is 1. The normalized spacial score (nSPS) is 11.2. The molecule has 0 heterocycles. The molecule has 3 nitrogen and oxygen atoms in total. The highest BCUT2D eigenvalue weighted by atomic mass is 35.5.